The molecule has 21 heavy (non-hydrogen) atoms. The molecule has 114 valence electrons. The van der Waals surface area contributed by atoms with Crippen molar-refractivity contribution in [1.82, 2.24) is 15.2 Å². The van der Waals surface area contributed by atoms with Gasteiger partial charge in [-0.25, -0.2) is 0 Å². The van der Waals surface area contributed by atoms with Crippen LogP contribution in [0, 0.1) is 6.92 Å². The topological polar surface area (TPSA) is 62.3 Å². The van der Waals surface area contributed by atoms with E-state index in [0.717, 1.165) is 12.1 Å². The summed E-state index contributed by atoms with van der Waals surface area (Å²) in [5.74, 6) is 0.998. The summed E-state index contributed by atoms with van der Waals surface area (Å²) in [6, 6.07) is 3.31. The van der Waals surface area contributed by atoms with Crippen LogP contribution in [0.4, 0.5) is 0 Å². The van der Waals surface area contributed by atoms with Gasteiger partial charge in [0.05, 0.1) is 11.4 Å². The predicted octanol–water partition coefficient (Wildman–Crippen LogP) is 1.82. The van der Waals surface area contributed by atoms with Crippen molar-refractivity contribution in [2.45, 2.75) is 39.3 Å². The monoisotopic (exact) mass is 307 g/mol. The zero-order valence-electron chi connectivity index (χ0n) is 12.6. The lowest BCUT2D eigenvalue weighted by Crippen LogP contribution is -2.49. The van der Waals surface area contributed by atoms with Gasteiger partial charge in [-0.15, -0.1) is 11.8 Å². The first-order valence-electron chi connectivity index (χ1n) is 7.14. The van der Waals surface area contributed by atoms with E-state index in [4.69, 9.17) is 0 Å². The third kappa shape index (κ3) is 3.75. The van der Waals surface area contributed by atoms with Crippen LogP contribution in [0.1, 0.15) is 36.3 Å². The fourth-order valence-electron chi connectivity index (χ4n) is 2.06. The van der Waals surface area contributed by atoms with Crippen LogP contribution in [-0.2, 0) is 4.79 Å². The fourth-order valence-corrected chi connectivity index (χ4v) is 3.22. The molecule has 2 heterocycles. The Balaban J connectivity index is 2.09. The normalized spacial score (nSPS) is 19.4. The molecule has 1 N–H and O–H groups in total. The molecular formula is C15H21N3O2S. The molecule has 0 spiro atoms. The molecular weight excluding hydrogens is 286 g/mol. The lowest BCUT2D eigenvalue weighted by molar-refractivity contribution is -0.125. The van der Waals surface area contributed by atoms with E-state index >= 15 is 0 Å². The summed E-state index contributed by atoms with van der Waals surface area (Å²) in [5.41, 5.74) is 1.40. The molecule has 0 aliphatic carbocycles. The zero-order valence-corrected chi connectivity index (χ0v) is 13.4. The van der Waals surface area contributed by atoms with E-state index in [1.807, 2.05) is 26.8 Å². The van der Waals surface area contributed by atoms with E-state index in [2.05, 4.69) is 10.3 Å². The molecule has 0 radical (unpaired) electrons. The number of carbonyl (C=O) groups is 2. The van der Waals surface area contributed by atoms with Gasteiger partial charge in [-0.3, -0.25) is 14.6 Å². The molecule has 0 saturated carbocycles. The van der Waals surface area contributed by atoms with Gasteiger partial charge in [0.25, 0.3) is 5.91 Å². The smallest absolute Gasteiger partial charge is 0.256 e. The van der Waals surface area contributed by atoms with Crippen LogP contribution in [0.2, 0.25) is 0 Å². The van der Waals surface area contributed by atoms with Crippen molar-refractivity contribution in [1.29, 1.82) is 0 Å². The molecule has 1 aliphatic heterocycles. The van der Waals surface area contributed by atoms with Gasteiger partial charge in [0, 0.05) is 23.7 Å². The average Bonchev–Trinajstić information content (AvgIpc) is 2.96. The van der Waals surface area contributed by atoms with Gasteiger partial charge in [0.15, 0.2) is 0 Å². The van der Waals surface area contributed by atoms with E-state index in [0.29, 0.717) is 17.2 Å². The van der Waals surface area contributed by atoms with Crippen LogP contribution in [0.25, 0.3) is 0 Å². The quantitative estimate of drug-likeness (QED) is 0.921. The third-order valence-corrected chi connectivity index (χ3v) is 4.62. The number of aromatic nitrogens is 1. The Morgan fingerprint density at radius 1 is 1.52 bits per heavy atom. The van der Waals surface area contributed by atoms with Crippen molar-refractivity contribution in [3.05, 3.63) is 29.6 Å². The van der Waals surface area contributed by atoms with Crippen molar-refractivity contribution in [3.63, 3.8) is 0 Å². The Hall–Kier alpha value is -1.56. The maximum Gasteiger partial charge on any atom is 0.256 e. The van der Waals surface area contributed by atoms with Crippen LogP contribution < -0.4 is 5.32 Å². The van der Waals surface area contributed by atoms with Crippen LogP contribution >= 0.6 is 11.8 Å². The number of hydrogen-bond donors (Lipinski definition) is 1. The van der Waals surface area contributed by atoms with Crippen molar-refractivity contribution in [2.75, 3.05) is 11.6 Å². The van der Waals surface area contributed by atoms with E-state index in [1.54, 1.807) is 28.9 Å². The summed E-state index contributed by atoms with van der Waals surface area (Å²) in [6.07, 6.45) is 2.45. The maximum atomic E-state index is 12.5. The first-order valence-corrected chi connectivity index (χ1v) is 8.30. The molecule has 6 heteroatoms. The molecule has 1 saturated heterocycles. The summed E-state index contributed by atoms with van der Waals surface area (Å²) in [6.45, 7) is 5.87. The minimum absolute atomic E-state index is 0.0669. The van der Waals surface area contributed by atoms with Crippen molar-refractivity contribution >= 4 is 23.6 Å². The van der Waals surface area contributed by atoms with Gasteiger partial charge in [-0.1, -0.05) is 6.92 Å². The highest BCUT2D eigenvalue weighted by Crippen LogP contribution is 2.23. The highest BCUT2D eigenvalue weighted by atomic mass is 32.2. The van der Waals surface area contributed by atoms with Crippen molar-refractivity contribution < 1.29 is 9.59 Å². The van der Waals surface area contributed by atoms with Crippen LogP contribution in [0.15, 0.2) is 18.3 Å². The highest BCUT2D eigenvalue weighted by Gasteiger charge is 2.35. The number of hydrogen-bond acceptors (Lipinski definition) is 4. The second kappa shape index (κ2) is 6.93. The van der Waals surface area contributed by atoms with Crippen LogP contribution in [-0.4, -0.2) is 45.4 Å². The molecule has 1 aromatic heterocycles. The van der Waals surface area contributed by atoms with Gasteiger partial charge >= 0.3 is 0 Å². The van der Waals surface area contributed by atoms with Gasteiger partial charge in [-0.05, 0) is 32.4 Å². The summed E-state index contributed by atoms with van der Waals surface area (Å²) in [4.78, 5) is 30.6. The second-order valence-corrected chi connectivity index (χ2v) is 6.30. The molecule has 2 atom stereocenters. The van der Waals surface area contributed by atoms with Crippen LogP contribution in [0.3, 0.4) is 0 Å². The number of nitrogens with one attached hydrogen (secondary N) is 1. The molecule has 1 aromatic rings. The predicted molar refractivity (Wildman–Crippen MR) is 84.2 cm³/mol. The summed E-state index contributed by atoms with van der Waals surface area (Å²) < 4.78 is 0. The lowest BCUT2D eigenvalue weighted by Gasteiger charge is -2.24. The largest absolute Gasteiger partial charge is 0.352 e. The van der Waals surface area contributed by atoms with Gasteiger partial charge in [0.2, 0.25) is 5.91 Å². The highest BCUT2D eigenvalue weighted by molar-refractivity contribution is 7.99. The van der Waals surface area contributed by atoms with Gasteiger partial charge in [-0.2, -0.15) is 0 Å². The molecule has 0 aromatic carbocycles. The minimum Gasteiger partial charge on any atom is -0.352 e. The summed E-state index contributed by atoms with van der Waals surface area (Å²) >= 11 is 1.60. The lowest BCUT2D eigenvalue weighted by atomic mass is 10.2. The molecule has 5 nitrogen and oxygen atoms in total. The van der Waals surface area contributed by atoms with Gasteiger partial charge < -0.3 is 10.2 Å². The number of pyridine rings is 1. The number of thioether (sulfide) groups is 1. The minimum atomic E-state index is -0.391. The van der Waals surface area contributed by atoms with Crippen LogP contribution in [0.5, 0.6) is 0 Å². The van der Waals surface area contributed by atoms with Gasteiger partial charge in [0.1, 0.15) is 6.04 Å². The maximum absolute atomic E-state index is 12.5. The number of aryl methyl sites for hydroxylation is 1. The molecule has 1 aliphatic rings. The summed E-state index contributed by atoms with van der Waals surface area (Å²) in [5, 5.41) is 2.96. The zero-order chi connectivity index (χ0) is 15.4. The van der Waals surface area contributed by atoms with E-state index < -0.39 is 6.04 Å². The first-order chi connectivity index (χ1) is 10.0. The third-order valence-electron chi connectivity index (χ3n) is 3.61. The Morgan fingerprint density at radius 3 is 2.90 bits per heavy atom. The van der Waals surface area contributed by atoms with Crippen molar-refractivity contribution in [3.8, 4) is 0 Å². The average molecular weight is 307 g/mol. The standard InChI is InChI=1S/C15H21N3O2S/c1-4-10(2)17-14(19)13-8-21-9-18(13)15(20)12-6-5-11(3)16-7-12/h5-7,10,13H,4,8-9H2,1-3H3,(H,17,19)/t10-,13+/m0/s1. The molecule has 0 bridgehead atoms. The second-order valence-electron chi connectivity index (χ2n) is 5.30. The van der Waals surface area contributed by atoms with Crippen molar-refractivity contribution in [2.24, 2.45) is 0 Å². The molecule has 0 unspecified atom stereocenters. The van der Waals surface area contributed by atoms with E-state index in [1.165, 1.54) is 0 Å². The summed E-state index contributed by atoms with van der Waals surface area (Å²) in [7, 11) is 0. The Morgan fingerprint density at radius 2 is 2.29 bits per heavy atom. The Labute approximate surface area is 129 Å². The number of amides is 2. The number of rotatable bonds is 4. The molecule has 1 fully saturated rings. The van der Waals surface area contributed by atoms with E-state index in [9.17, 15) is 9.59 Å². The number of nitrogens with zero attached hydrogens (tertiary/aromatic N) is 2. The molecule has 2 amide bonds. The number of carbonyl (C=O) groups excluding carboxylic acids is 2. The Kier molecular flexibility index (Phi) is 5.22. The SMILES string of the molecule is CC[C@H](C)NC(=O)[C@H]1CSCN1C(=O)c1ccc(C)nc1. The Bertz CT molecular complexity index is 518. The first kappa shape index (κ1) is 15.8. The fraction of sp³-hybridized carbons (Fsp3) is 0.533. The molecule has 2 rings (SSSR count). The van der Waals surface area contributed by atoms with E-state index in [-0.39, 0.29) is 17.9 Å².